The van der Waals surface area contributed by atoms with Gasteiger partial charge in [-0.15, -0.1) is 0 Å². The van der Waals surface area contributed by atoms with Crippen LogP contribution in [0.1, 0.15) is 38.7 Å². The number of hydrogen-bond donors (Lipinski definition) is 1. The van der Waals surface area contributed by atoms with Crippen LogP contribution in [-0.4, -0.2) is 41.3 Å². The zero-order valence-corrected chi connectivity index (χ0v) is 32.2. The first-order valence-electron chi connectivity index (χ1n) is 18.4. The van der Waals surface area contributed by atoms with E-state index in [9.17, 15) is 4.79 Å². The highest BCUT2D eigenvalue weighted by Crippen LogP contribution is 2.37. The molecule has 0 radical (unpaired) electrons. The quantitative estimate of drug-likeness (QED) is 0.135. The highest BCUT2D eigenvalue weighted by molar-refractivity contribution is 5.98. The number of methoxy groups -OCH3 is 4. The fourth-order valence-electron chi connectivity index (χ4n) is 6.79. The van der Waals surface area contributed by atoms with E-state index in [1.165, 1.54) is 11.1 Å². The van der Waals surface area contributed by atoms with Crippen molar-refractivity contribution < 1.29 is 41.7 Å². The van der Waals surface area contributed by atoms with Crippen LogP contribution < -0.4 is 29.0 Å². The molecule has 290 valence electrons. The summed E-state index contributed by atoms with van der Waals surface area (Å²) in [4.78, 5) is 10.6. The standard InChI is InChI=1S/C28H27NO4.C10H8O3.C9H8O2/c1-30-25-11-9-20(22-13-15-32-28(22)25)8-10-24-23-17-26(31-2)27(16-21(23)12-14-29-24)33-18-19-6-4-3-5-7-19;1-12-9-3-2-7(6-11)8-4-5-13-10(8)9;1-10-8-4-2-3-7-5-6-11-9(7)8/h3-11,13,15-17,24,29H,12,14,18H2,1-2H3;2-6H,1H3;2-6H,1H3/b10-8+;;. The molecule has 10 nitrogen and oxygen atoms in total. The van der Waals surface area contributed by atoms with Gasteiger partial charge in [-0.1, -0.05) is 60.7 Å². The molecule has 1 unspecified atom stereocenters. The Bertz CT molecular complexity index is 2600. The van der Waals surface area contributed by atoms with Gasteiger partial charge in [-0.25, -0.2) is 0 Å². The maximum Gasteiger partial charge on any atom is 0.176 e. The van der Waals surface area contributed by atoms with Crippen molar-refractivity contribution in [1.82, 2.24) is 5.32 Å². The molecule has 1 atom stereocenters. The SMILES string of the molecule is COc1cc2c(cc1OCc1ccccc1)CCNC2/C=C/c1ccc(OC)c2occc12.COc1ccc(C=O)c2ccoc12.COc1cccc2ccoc12. The van der Waals surface area contributed by atoms with E-state index in [2.05, 4.69) is 47.8 Å². The Morgan fingerprint density at radius 3 is 1.95 bits per heavy atom. The van der Waals surface area contributed by atoms with E-state index in [-0.39, 0.29) is 6.04 Å². The number of benzene rings is 5. The van der Waals surface area contributed by atoms with Gasteiger partial charge in [0.05, 0.1) is 53.3 Å². The summed E-state index contributed by atoms with van der Waals surface area (Å²) >= 11 is 0. The number of fused-ring (bicyclic) bond motifs is 4. The first kappa shape index (κ1) is 38.4. The second-order valence-corrected chi connectivity index (χ2v) is 13.0. The molecular formula is C47H43NO9. The highest BCUT2D eigenvalue weighted by Gasteiger charge is 2.21. The van der Waals surface area contributed by atoms with Crippen LogP contribution in [0.5, 0.6) is 28.7 Å². The van der Waals surface area contributed by atoms with E-state index >= 15 is 0 Å². The van der Waals surface area contributed by atoms with Crippen molar-refractivity contribution in [2.24, 2.45) is 0 Å². The van der Waals surface area contributed by atoms with Crippen molar-refractivity contribution in [1.29, 1.82) is 0 Å². The Balaban J connectivity index is 0.000000167. The van der Waals surface area contributed by atoms with Crippen molar-refractivity contribution >= 4 is 45.3 Å². The average molecular weight is 766 g/mol. The normalized spacial score (nSPS) is 13.3. The van der Waals surface area contributed by atoms with Crippen LogP contribution in [0.4, 0.5) is 0 Å². The van der Waals surface area contributed by atoms with Crippen LogP contribution in [0.25, 0.3) is 39.0 Å². The minimum absolute atomic E-state index is 0.0786. The molecular weight excluding hydrogens is 723 g/mol. The molecule has 0 aliphatic carbocycles. The summed E-state index contributed by atoms with van der Waals surface area (Å²) in [7, 11) is 6.54. The summed E-state index contributed by atoms with van der Waals surface area (Å²) in [5.74, 6) is 3.69. The summed E-state index contributed by atoms with van der Waals surface area (Å²) in [5.41, 5.74) is 7.51. The van der Waals surface area contributed by atoms with Gasteiger partial charge in [0.25, 0.3) is 0 Å². The van der Waals surface area contributed by atoms with E-state index in [1.54, 1.807) is 65.4 Å². The van der Waals surface area contributed by atoms with Gasteiger partial charge in [-0.05, 0) is 83.3 Å². The minimum atomic E-state index is 0.0786. The molecule has 10 heteroatoms. The van der Waals surface area contributed by atoms with Crippen LogP contribution in [-0.2, 0) is 13.0 Å². The molecule has 1 aliphatic rings. The van der Waals surface area contributed by atoms with E-state index in [4.69, 9.17) is 36.9 Å². The van der Waals surface area contributed by atoms with Gasteiger partial charge in [0, 0.05) is 28.3 Å². The fourth-order valence-corrected chi connectivity index (χ4v) is 6.79. The van der Waals surface area contributed by atoms with Crippen LogP contribution in [0.3, 0.4) is 0 Å². The van der Waals surface area contributed by atoms with Crippen molar-refractivity contribution in [3.8, 4) is 28.7 Å². The number of furan rings is 3. The van der Waals surface area contributed by atoms with Crippen molar-refractivity contribution in [3.63, 3.8) is 0 Å². The van der Waals surface area contributed by atoms with Gasteiger partial charge in [-0.3, -0.25) is 4.79 Å². The maximum absolute atomic E-state index is 10.6. The number of nitrogens with one attached hydrogen (secondary N) is 1. The number of aldehydes is 1. The maximum atomic E-state index is 10.6. The van der Waals surface area contributed by atoms with Gasteiger partial charge in [0.2, 0.25) is 0 Å². The Hall–Kier alpha value is -6.91. The summed E-state index contributed by atoms with van der Waals surface area (Å²) in [6.45, 7) is 1.41. The molecule has 4 heterocycles. The van der Waals surface area contributed by atoms with E-state index in [1.807, 2.05) is 54.6 Å². The molecule has 9 rings (SSSR count). The Morgan fingerprint density at radius 1 is 0.632 bits per heavy atom. The number of carbonyl (C=O) groups excluding carboxylic acids is 1. The van der Waals surface area contributed by atoms with Crippen molar-refractivity contribution in [2.45, 2.75) is 19.1 Å². The molecule has 0 fully saturated rings. The zero-order chi connectivity index (χ0) is 39.6. The van der Waals surface area contributed by atoms with Gasteiger partial charge >= 0.3 is 0 Å². The number of rotatable bonds is 10. The van der Waals surface area contributed by atoms with Crippen LogP contribution in [0.2, 0.25) is 0 Å². The summed E-state index contributed by atoms with van der Waals surface area (Å²) < 4.78 is 43.4. The van der Waals surface area contributed by atoms with Gasteiger partial charge in [0.15, 0.2) is 51.8 Å². The van der Waals surface area contributed by atoms with Crippen LogP contribution in [0, 0.1) is 0 Å². The molecule has 0 amide bonds. The van der Waals surface area contributed by atoms with Crippen molar-refractivity contribution in [3.05, 3.63) is 156 Å². The molecule has 0 saturated heterocycles. The lowest BCUT2D eigenvalue weighted by Crippen LogP contribution is -2.28. The molecule has 1 aliphatic heterocycles. The third-order valence-corrected chi connectivity index (χ3v) is 9.68. The molecule has 0 saturated carbocycles. The Morgan fingerprint density at radius 2 is 1.26 bits per heavy atom. The Labute approximate surface area is 330 Å². The minimum Gasteiger partial charge on any atom is -0.493 e. The molecule has 0 spiro atoms. The van der Waals surface area contributed by atoms with E-state index in [0.717, 1.165) is 80.7 Å². The largest absolute Gasteiger partial charge is 0.493 e. The predicted octanol–water partition coefficient (Wildman–Crippen LogP) is 10.6. The van der Waals surface area contributed by atoms with Gasteiger partial charge < -0.3 is 42.3 Å². The molecule has 1 N–H and O–H groups in total. The molecule has 5 aromatic carbocycles. The van der Waals surface area contributed by atoms with E-state index in [0.29, 0.717) is 23.5 Å². The van der Waals surface area contributed by atoms with Crippen LogP contribution in [0.15, 0.2) is 141 Å². The predicted molar refractivity (Wildman–Crippen MR) is 221 cm³/mol. The fraction of sp³-hybridized carbons (Fsp3) is 0.170. The monoisotopic (exact) mass is 765 g/mol. The molecule has 8 aromatic rings. The average Bonchev–Trinajstić information content (AvgIpc) is 4.07. The smallest absolute Gasteiger partial charge is 0.176 e. The third kappa shape index (κ3) is 8.51. The third-order valence-electron chi connectivity index (χ3n) is 9.68. The second-order valence-electron chi connectivity index (χ2n) is 13.0. The summed E-state index contributed by atoms with van der Waals surface area (Å²) in [5, 5.41) is 6.50. The van der Waals surface area contributed by atoms with Gasteiger partial charge in [0.1, 0.15) is 6.61 Å². The first-order valence-corrected chi connectivity index (χ1v) is 18.4. The number of hydrogen-bond acceptors (Lipinski definition) is 10. The Kier molecular flexibility index (Phi) is 12.2. The lowest BCUT2D eigenvalue weighted by atomic mass is 9.92. The number of carbonyl (C=O) groups is 1. The first-order chi connectivity index (χ1) is 28.0. The number of ether oxygens (including phenoxy) is 5. The molecule has 3 aromatic heterocycles. The summed E-state index contributed by atoms with van der Waals surface area (Å²) in [6, 6.07) is 33.3. The van der Waals surface area contributed by atoms with E-state index < -0.39 is 0 Å². The lowest BCUT2D eigenvalue weighted by molar-refractivity contribution is 0.112. The second kappa shape index (κ2) is 18.1. The lowest BCUT2D eigenvalue weighted by Gasteiger charge is -2.26. The topological polar surface area (TPSA) is 115 Å². The molecule has 0 bridgehead atoms. The highest BCUT2D eigenvalue weighted by atomic mass is 16.5. The summed E-state index contributed by atoms with van der Waals surface area (Å²) in [6.07, 6.45) is 11.0. The van der Waals surface area contributed by atoms with Gasteiger partial charge in [-0.2, -0.15) is 0 Å². The number of para-hydroxylation sites is 1. The van der Waals surface area contributed by atoms with Crippen molar-refractivity contribution in [2.75, 3.05) is 35.0 Å². The zero-order valence-electron chi connectivity index (χ0n) is 32.2. The van der Waals surface area contributed by atoms with Crippen LogP contribution >= 0.6 is 0 Å². The molecule has 57 heavy (non-hydrogen) atoms.